The van der Waals surface area contributed by atoms with Crippen molar-refractivity contribution in [3.05, 3.63) is 35.6 Å². The molecule has 4 nitrogen and oxygen atoms in total. The van der Waals surface area contributed by atoms with E-state index in [-0.39, 0.29) is 18.1 Å². The van der Waals surface area contributed by atoms with Crippen molar-refractivity contribution in [2.75, 3.05) is 0 Å². The molecule has 0 aromatic heterocycles. The smallest absolute Gasteiger partial charge is 0.329 e. The Morgan fingerprint density at radius 3 is 2.20 bits per heavy atom. The molecule has 110 valence electrons. The van der Waals surface area contributed by atoms with E-state index in [2.05, 4.69) is 5.32 Å². The highest BCUT2D eigenvalue weighted by Crippen LogP contribution is 2.16. The van der Waals surface area contributed by atoms with Crippen LogP contribution in [0.1, 0.15) is 38.7 Å². The first kappa shape index (κ1) is 16.1. The number of amides is 1. The standard InChI is InChI=1S/C15H20FNO3/c1-3-15(4-2,14(19)20)17-13(18)10-7-11-5-8-12(16)9-6-11/h5-6,8-9H,3-4,7,10H2,1-2H3,(H,17,18)(H,19,20). The number of carboxylic acids is 1. The zero-order chi connectivity index (χ0) is 15.2. The molecule has 0 aliphatic carbocycles. The second-order valence-corrected chi connectivity index (χ2v) is 4.77. The van der Waals surface area contributed by atoms with Gasteiger partial charge in [-0.25, -0.2) is 9.18 Å². The third kappa shape index (κ3) is 4.05. The van der Waals surface area contributed by atoms with Crippen molar-refractivity contribution in [1.29, 1.82) is 0 Å². The number of carboxylic acid groups (broad SMARTS) is 1. The number of carbonyl (C=O) groups is 2. The quantitative estimate of drug-likeness (QED) is 0.807. The topological polar surface area (TPSA) is 66.4 Å². The Morgan fingerprint density at radius 1 is 1.20 bits per heavy atom. The van der Waals surface area contributed by atoms with Crippen molar-refractivity contribution in [2.45, 2.75) is 45.1 Å². The lowest BCUT2D eigenvalue weighted by molar-refractivity contribution is -0.148. The first-order valence-electron chi connectivity index (χ1n) is 6.72. The second-order valence-electron chi connectivity index (χ2n) is 4.77. The molecule has 0 heterocycles. The number of halogens is 1. The lowest BCUT2D eigenvalue weighted by Gasteiger charge is -2.28. The molecule has 0 radical (unpaired) electrons. The van der Waals surface area contributed by atoms with Gasteiger partial charge in [0.15, 0.2) is 0 Å². The van der Waals surface area contributed by atoms with Crippen LogP contribution in [0.3, 0.4) is 0 Å². The predicted molar refractivity (Wildman–Crippen MR) is 73.8 cm³/mol. The van der Waals surface area contributed by atoms with Crippen LogP contribution < -0.4 is 5.32 Å². The van der Waals surface area contributed by atoms with Crippen molar-refractivity contribution in [3.8, 4) is 0 Å². The summed E-state index contributed by atoms with van der Waals surface area (Å²) in [6.45, 7) is 3.47. The Kier molecular flexibility index (Phi) is 5.67. The molecular weight excluding hydrogens is 261 g/mol. The van der Waals surface area contributed by atoms with Gasteiger partial charge < -0.3 is 10.4 Å². The summed E-state index contributed by atoms with van der Waals surface area (Å²) in [6.07, 6.45) is 1.30. The van der Waals surface area contributed by atoms with E-state index >= 15 is 0 Å². The van der Waals surface area contributed by atoms with Gasteiger partial charge in [-0.1, -0.05) is 26.0 Å². The summed E-state index contributed by atoms with van der Waals surface area (Å²) < 4.78 is 12.7. The van der Waals surface area contributed by atoms with Crippen LogP contribution in [0.4, 0.5) is 4.39 Å². The van der Waals surface area contributed by atoms with E-state index in [4.69, 9.17) is 0 Å². The summed E-state index contributed by atoms with van der Waals surface area (Å²) in [5.74, 6) is -1.64. The molecule has 0 fully saturated rings. The molecule has 0 unspecified atom stereocenters. The molecule has 0 saturated carbocycles. The van der Waals surface area contributed by atoms with E-state index < -0.39 is 11.5 Å². The van der Waals surface area contributed by atoms with E-state index in [9.17, 15) is 19.1 Å². The molecule has 0 aliphatic heterocycles. The largest absolute Gasteiger partial charge is 0.480 e. The average molecular weight is 281 g/mol. The third-order valence-electron chi connectivity index (χ3n) is 3.55. The highest BCUT2D eigenvalue weighted by Gasteiger charge is 2.36. The van der Waals surface area contributed by atoms with Crippen LogP contribution in [-0.2, 0) is 16.0 Å². The molecule has 1 aromatic rings. The molecule has 2 N–H and O–H groups in total. The van der Waals surface area contributed by atoms with Crippen molar-refractivity contribution >= 4 is 11.9 Å². The van der Waals surface area contributed by atoms with Gasteiger partial charge in [0, 0.05) is 6.42 Å². The Morgan fingerprint density at radius 2 is 1.75 bits per heavy atom. The van der Waals surface area contributed by atoms with Crippen molar-refractivity contribution < 1.29 is 19.1 Å². The van der Waals surface area contributed by atoms with Crippen LogP contribution in [0.25, 0.3) is 0 Å². The normalized spacial score (nSPS) is 11.2. The lowest BCUT2D eigenvalue weighted by Crippen LogP contribution is -2.53. The lowest BCUT2D eigenvalue weighted by atomic mass is 9.92. The SMILES string of the molecule is CCC(CC)(NC(=O)CCc1ccc(F)cc1)C(=O)O. The summed E-state index contributed by atoms with van der Waals surface area (Å²) in [5.41, 5.74) is -0.352. The Bertz CT molecular complexity index is 467. The maximum absolute atomic E-state index is 12.7. The molecule has 5 heteroatoms. The maximum Gasteiger partial charge on any atom is 0.329 e. The van der Waals surface area contributed by atoms with E-state index in [1.807, 2.05) is 0 Å². The minimum atomic E-state index is -1.19. The minimum Gasteiger partial charge on any atom is -0.480 e. The number of aryl methyl sites for hydroxylation is 1. The fraction of sp³-hybridized carbons (Fsp3) is 0.467. The van der Waals surface area contributed by atoms with Crippen molar-refractivity contribution in [2.24, 2.45) is 0 Å². The van der Waals surface area contributed by atoms with Crippen LogP contribution in [0.2, 0.25) is 0 Å². The summed E-state index contributed by atoms with van der Waals surface area (Å²) in [4.78, 5) is 23.1. The van der Waals surface area contributed by atoms with Gasteiger partial charge in [0.25, 0.3) is 0 Å². The molecule has 0 spiro atoms. The van der Waals surface area contributed by atoms with Crippen molar-refractivity contribution in [1.82, 2.24) is 5.32 Å². The third-order valence-corrected chi connectivity index (χ3v) is 3.55. The van der Waals surface area contributed by atoms with Gasteiger partial charge in [-0.2, -0.15) is 0 Å². The Hall–Kier alpha value is -1.91. The summed E-state index contributed by atoms with van der Waals surface area (Å²) >= 11 is 0. The molecule has 1 rings (SSSR count). The van der Waals surface area contributed by atoms with E-state index in [0.29, 0.717) is 19.3 Å². The highest BCUT2D eigenvalue weighted by atomic mass is 19.1. The van der Waals surface area contributed by atoms with E-state index in [1.54, 1.807) is 26.0 Å². The fourth-order valence-corrected chi connectivity index (χ4v) is 2.02. The maximum atomic E-state index is 12.7. The van der Waals surface area contributed by atoms with Crippen molar-refractivity contribution in [3.63, 3.8) is 0 Å². The van der Waals surface area contributed by atoms with Gasteiger partial charge in [0.2, 0.25) is 5.91 Å². The van der Waals surface area contributed by atoms with Gasteiger partial charge in [-0.3, -0.25) is 4.79 Å². The summed E-state index contributed by atoms with van der Waals surface area (Å²) in [5, 5.41) is 11.8. The Labute approximate surface area is 118 Å². The number of benzene rings is 1. The number of hydrogen-bond acceptors (Lipinski definition) is 2. The van der Waals surface area contributed by atoms with Gasteiger partial charge in [0.05, 0.1) is 0 Å². The van der Waals surface area contributed by atoms with Crippen LogP contribution in [-0.4, -0.2) is 22.5 Å². The van der Waals surface area contributed by atoms with Crippen LogP contribution in [0, 0.1) is 5.82 Å². The van der Waals surface area contributed by atoms with Gasteiger partial charge >= 0.3 is 5.97 Å². The number of nitrogens with one attached hydrogen (secondary N) is 1. The molecule has 1 aromatic carbocycles. The molecule has 20 heavy (non-hydrogen) atoms. The first-order valence-corrected chi connectivity index (χ1v) is 6.72. The average Bonchev–Trinajstić information content (AvgIpc) is 2.44. The van der Waals surface area contributed by atoms with E-state index in [1.165, 1.54) is 12.1 Å². The fourth-order valence-electron chi connectivity index (χ4n) is 2.02. The molecule has 0 atom stereocenters. The van der Waals surface area contributed by atoms with Gasteiger partial charge in [-0.15, -0.1) is 0 Å². The molecule has 0 bridgehead atoms. The highest BCUT2D eigenvalue weighted by molar-refractivity contribution is 5.87. The second kappa shape index (κ2) is 7.03. The van der Waals surface area contributed by atoms with E-state index in [0.717, 1.165) is 5.56 Å². The minimum absolute atomic E-state index is 0.181. The summed E-state index contributed by atoms with van der Waals surface area (Å²) in [6, 6.07) is 5.92. The number of aliphatic carboxylic acids is 1. The summed E-state index contributed by atoms with van der Waals surface area (Å²) in [7, 11) is 0. The molecular formula is C15H20FNO3. The number of rotatable bonds is 7. The Balaban J connectivity index is 2.58. The number of hydrogen-bond donors (Lipinski definition) is 2. The molecule has 1 amide bonds. The van der Waals surface area contributed by atoms with Gasteiger partial charge in [-0.05, 0) is 37.0 Å². The van der Waals surface area contributed by atoms with Crippen LogP contribution >= 0.6 is 0 Å². The van der Waals surface area contributed by atoms with Gasteiger partial charge in [0.1, 0.15) is 11.4 Å². The van der Waals surface area contributed by atoms with Crippen LogP contribution in [0.5, 0.6) is 0 Å². The monoisotopic (exact) mass is 281 g/mol. The number of carbonyl (C=O) groups excluding carboxylic acids is 1. The zero-order valence-corrected chi connectivity index (χ0v) is 11.8. The zero-order valence-electron chi connectivity index (χ0n) is 11.8. The predicted octanol–water partition coefficient (Wildman–Crippen LogP) is 2.52. The van der Waals surface area contributed by atoms with Crippen LogP contribution in [0.15, 0.2) is 24.3 Å². The first-order chi connectivity index (χ1) is 9.43. The molecule has 0 aliphatic rings. The molecule has 0 saturated heterocycles.